The summed E-state index contributed by atoms with van der Waals surface area (Å²) in [5.74, 6) is -0.310. The first-order chi connectivity index (χ1) is 8.95. The predicted molar refractivity (Wildman–Crippen MR) is 69.4 cm³/mol. The normalized spacial score (nSPS) is 19.6. The Balaban J connectivity index is 2.36. The molecule has 1 aliphatic rings. The largest absolute Gasteiger partial charge is 0.464 e. The standard InChI is InChI=1S/C12H14N2O4S/c1-3-18-12(15)8(2)13-11-9-6-4-5-7-10(9)19(16,17)14-11/h4-8H,3H2,1-2H3,(H,13,14)/t8-/m0/s1. The highest BCUT2D eigenvalue weighted by Crippen LogP contribution is 2.22. The van der Waals surface area contributed by atoms with Crippen molar-refractivity contribution in [1.82, 2.24) is 4.72 Å². The number of rotatable bonds is 3. The second kappa shape index (κ2) is 5.00. The van der Waals surface area contributed by atoms with Gasteiger partial charge in [0, 0.05) is 5.56 Å². The van der Waals surface area contributed by atoms with Crippen LogP contribution in [0, 0.1) is 0 Å². The van der Waals surface area contributed by atoms with E-state index in [1.807, 2.05) is 0 Å². The number of ether oxygens (including phenoxy) is 1. The average Bonchev–Trinajstić information content (AvgIpc) is 2.62. The number of carbonyl (C=O) groups is 1. The predicted octanol–water partition coefficient (Wildman–Crippen LogP) is 0.677. The van der Waals surface area contributed by atoms with E-state index < -0.39 is 22.0 Å². The van der Waals surface area contributed by atoms with Crippen LogP contribution in [0.15, 0.2) is 34.2 Å². The summed E-state index contributed by atoms with van der Waals surface area (Å²) in [7, 11) is -3.57. The van der Waals surface area contributed by atoms with Gasteiger partial charge in [-0.25, -0.2) is 13.2 Å². The van der Waals surface area contributed by atoms with E-state index in [1.54, 1.807) is 32.0 Å². The molecule has 6 nitrogen and oxygen atoms in total. The maximum Gasteiger partial charge on any atom is 0.330 e. The van der Waals surface area contributed by atoms with Gasteiger partial charge in [-0.2, -0.15) is 0 Å². The number of amidine groups is 1. The molecule has 0 spiro atoms. The van der Waals surface area contributed by atoms with Crippen LogP contribution in [0.2, 0.25) is 0 Å². The highest BCUT2D eigenvalue weighted by atomic mass is 32.2. The second-order valence-electron chi connectivity index (χ2n) is 4.01. The molecule has 7 heteroatoms. The molecule has 1 aromatic rings. The van der Waals surface area contributed by atoms with Gasteiger partial charge in [0.1, 0.15) is 11.9 Å². The van der Waals surface area contributed by atoms with Gasteiger partial charge in [-0.1, -0.05) is 12.1 Å². The fraction of sp³-hybridized carbons (Fsp3) is 0.333. The van der Waals surface area contributed by atoms with Crippen molar-refractivity contribution in [2.45, 2.75) is 24.8 Å². The molecule has 0 radical (unpaired) electrons. The fourth-order valence-corrected chi connectivity index (χ4v) is 2.98. The van der Waals surface area contributed by atoms with Crippen molar-refractivity contribution >= 4 is 21.8 Å². The first-order valence-corrected chi connectivity index (χ1v) is 7.30. The zero-order valence-electron chi connectivity index (χ0n) is 10.6. The van der Waals surface area contributed by atoms with Crippen LogP contribution in [0.5, 0.6) is 0 Å². The van der Waals surface area contributed by atoms with Crippen LogP contribution < -0.4 is 4.72 Å². The van der Waals surface area contributed by atoms with Gasteiger partial charge in [0.2, 0.25) is 0 Å². The Labute approximate surface area is 111 Å². The Morgan fingerprint density at radius 1 is 1.42 bits per heavy atom. The van der Waals surface area contributed by atoms with Crippen LogP contribution in [0.1, 0.15) is 19.4 Å². The zero-order chi connectivity index (χ0) is 14.0. The van der Waals surface area contributed by atoms with Crippen LogP contribution in [-0.4, -0.2) is 32.9 Å². The number of nitrogens with one attached hydrogen (secondary N) is 1. The summed E-state index contributed by atoms with van der Waals surface area (Å²) in [5, 5.41) is 0. The van der Waals surface area contributed by atoms with Gasteiger partial charge in [-0.15, -0.1) is 0 Å². The first-order valence-electron chi connectivity index (χ1n) is 5.82. The van der Waals surface area contributed by atoms with Gasteiger partial charge < -0.3 is 4.74 Å². The summed E-state index contributed by atoms with van der Waals surface area (Å²) >= 11 is 0. The SMILES string of the molecule is CCOC(=O)[C@H](C)N=C1NS(=O)(=O)c2ccccc21. The third-order valence-corrected chi connectivity index (χ3v) is 4.01. The van der Waals surface area contributed by atoms with Crippen LogP contribution in [0.3, 0.4) is 0 Å². The minimum Gasteiger partial charge on any atom is -0.464 e. The van der Waals surface area contributed by atoms with Crippen molar-refractivity contribution in [2.75, 3.05) is 6.61 Å². The van der Waals surface area contributed by atoms with Crippen molar-refractivity contribution in [3.63, 3.8) is 0 Å². The zero-order valence-corrected chi connectivity index (χ0v) is 11.4. The molecule has 0 saturated carbocycles. The quantitative estimate of drug-likeness (QED) is 0.826. The molecular weight excluding hydrogens is 268 g/mol. The smallest absolute Gasteiger partial charge is 0.330 e. The van der Waals surface area contributed by atoms with E-state index in [-0.39, 0.29) is 17.3 Å². The number of fused-ring (bicyclic) bond motifs is 1. The summed E-state index contributed by atoms with van der Waals surface area (Å²) in [6.07, 6.45) is 0. The third-order valence-electron chi connectivity index (χ3n) is 2.61. The summed E-state index contributed by atoms with van der Waals surface area (Å²) in [5.41, 5.74) is 0.471. The number of carbonyl (C=O) groups excluding carboxylic acids is 1. The van der Waals surface area contributed by atoms with Crippen LogP contribution in [0.25, 0.3) is 0 Å². The molecule has 1 aromatic carbocycles. The Morgan fingerprint density at radius 3 is 2.79 bits per heavy atom. The van der Waals surface area contributed by atoms with Gasteiger partial charge in [0.25, 0.3) is 10.0 Å². The Kier molecular flexibility index (Phi) is 3.57. The molecule has 19 heavy (non-hydrogen) atoms. The molecule has 1 heterocycles. The van der Waals surface area contributed by atoms with Crippen LogP contribution in [-0.2, 0) is 19.6 Å². The van der Waals surface area contributed by atoms with E-state index in [9.17, 15) is 13.2 Å². The Bertz CT molecular complexity index is 637. The number of hydrogen-bond acceptors (Lipinski definition) is 5. The van der Waals surface area contributed by atoms with E-state index in [0.29, 0.717) is 5.56 Å². The van der Waals surface area contributed by atoms with Crippen LogP contribution >= 0.6 is 0 Å². The van der Waals surface area contributed by atoms with Crippen molar-refractivity contribution < 1.29 is 17.9 Å². The van der Waals surface area contributed by atoms with Crippen molar-refractivity contribution in [3.8, 4) is 0 Å². The molecule has 0 aromatic heterocycles. The summed E-state index contributed by atoms with van der Waals surface area (Å²) < 4.78 is 30.8. The van der Waals surface area contributed by atoms with Crippen molar-refractivity contribution in [1.29, 1.82) is 0 Å². The lowest BCUT2D eigenvalue weighted by molar-refractivity contribution is -0.144. The number of sulfonamides is 1. The number of hydrogen-bond donors (Lipinski definition) is 1. The maximum atomic E-state index is 11.8. The average molecular weight is 282 g/mol. The summed E-state index contributed by atoms with van der Waals surface area (Å²) in [6, 6.07) is 5.73. The minimum atomic E-state index is -3.57. The van der Waals surface area contributed by atoms with E-state index in [0.717, 1.165) is 0 Å². The van der Waals surface area contributed by atoms with Crippen molar-refractivity contribution in [3.05, 3.63) is 29.8 Å². The first kappa shape index (κ1) is 13.5. The minimum absolute atomic E-state index is 0.171. The molecule has 2 rings (SSSR count). The highest BCUT2D eigenvalue weighted by Gasteiger charge is 2.31. The molecule has 0 saturated heterocycles. The van der Waals surface area contributed by atoms with Gasteiger partial charge in [-0.3, -0.25) is 9.71 Å². The monoisotopic (exact) mass is 282 g/mol. The van der Waals surface area contributed by atoms with E-state index in [2.05, 4.69) is 9.71 Å². The third kappa shape index (κ3) is 2.60. The molecular formula is C12H14N2O4S. The molecule has 0 amide bonds. The van der Waals surface area contributed by atoms with Gasteiger partial charge >= 0.3 is 5.97 Å². The molecule has 0 fully saturated rings. The molecule has 1 N–H and O–H groups in total. The van der Waals surface area contributed by atoms with E-state index in [4.69, 9.17) is 4.74 Å². The number of benzene rings is 1. The van der Waals surface area contributed by atoms with Gasteiger partial charge in [-0.05, 0) is 26.0 Å². The summed E-state index contributed by atoms with van der Waals surface area (Å²) in [6.45, 7) is 3.52. The number of nitrogens with zero attached hydrogens (tertiary/aromatic N) is 1. The molecule has 0 bridgehead atoms. The van der Waals surface area contributed by atoms with Gasteiger partial charge in [0.05, 0.1) is 11.5 Å². The van der Waals surface area contributed by atoms with Crippen molar-refractivity contribution in [2.24, 2.45) is 4.99 Å². The molecule has 1 aliphatic heterocycles. The summed E-state index contributed by atoms with van der Waals surface area (Å²) in [4.78, 5) is 15.8. The molecule has 0 aliphatic carbocycles. The number of esters is 1. The number of aliphatic imine (C=N–C) groups is 1. The maximum absolute atomic E-state index is 11.8. The second-order valence-corrected chi connectivity index (χ2v) is 5.66. The lowest BCUT2D eigenvalue weighted by atomic mass is 10.2. The Morgan fingerprint density at radius 2 is 2.11 bits per heavy atom. The lowest BCUT2D eigenvalue weighted by Gasteiger charge is -2.07. The van der Waals surface area contributed by atoms with E-state index in [1.165, 1.54) is 6.07 Å². The fourth-order valence-electron chi connectivity index (χ4n) is 1.74. The Hall–Kier alpha value is -1.89. The van der Waals surface area contributed by atoms with Crippen LogP contribution in [0.4, 0.5) is 0 Å². The van der Waals surface area contributed by atoms with E-state index >= 15 is 0 Å². The highest BCUT2D eigenvalue weighted by molar-refractivity contribution is 7.90. The molecule has 0 unspecified atom stereocenters. The lowest BCUT2D eigenvalue weighted by Crippen LogP contribution is -2.26. The molecule has 1 atom stereocenters. The van der Waals surface area contributed by atoms with Gasteiger partial charge in [0.15, 0.2) is 0 Å². The topological polar surface area (TPSA) is 84.8 Å². The molecule has 102 valence electrons.